The molecule has 2 aromatic carbocycles. The largest absolute Gasteiger partial charge is 0.294 e. The monoisotopic (exact) mass is 358 g/mol. The first-order chi connectivity index (χ1) is 9.40. The van der Waals surface area contributed by atoms with E-state index in [0.29, 0.717) is 0 Å². The fraction of sp³-hybridized carbons (Fsp3) is 0.133. The first-order valence-electron chi connectivity index (χ1n) is 5.82. The highest BCUT2D eigenvalue weighted by molar-refractivity contribution is 9.10. The smallest absolute Gasteiger partial charge is 0.168 e. The fourth-order valence-corrected chi connectivity index (χ4v) is 2.55. The second kappa shape index (κ2) is 6.02. The van der Waals surface area contributed by atoms with Gasteiger partial charge in [0.05, 0.1) is 9.50 Å². The molecule has 0 unspecified atom stereocenters. The van der Waals surface area contributed by atoms with E-state index in [2.05, 4.69) is 15.9 Å². The van der Waals surface area contributed by atoms with Crippen molar-refractivity contribution in [3.05, 3.63) is 68.2 Å². The number of ketones is 1. The third-order valence-corrected chi connectivity index (χ3v) is 3.83. The van der Waals surface area contributed by atoms with Gasteiger partial charge in [-0.15, -0.1) is 0 Å². The van der Waals surface area contributed by atoms with Crippen LogP contribution in [0.4, 0.5) is 8.78 Å². The first-order valence-corrected chi connectivity index (χ1v) is 6.99. The molecule has 0 spiro atoms. The van der Waals surface area contributed by atoms with Crippen molar-refractivity contribution in [3.63, 3.8) is 0 Å². The van der Waals surface area contributed by atoms with E-state index in [1.165, 1.54) is 6.07 Å². The average Bonchev–Trinajstić information content (AvgIpc) is 2.39. The van der Waals surface area contributed by atoms with Crippen LogP contribution in [0.15, 0.2) is 34.8 Å². The second-order valence-corrected chi connectivity index (χ2v) is 5.67. The quantitative estimate of drug-likeness (QED) is 0.549. The number of halogens is 4. The number of hydrogen-bond acceptors (Lipinski definition) is 1. The molecule has 2 aromatic rings. The number of carbonyl (C=O) groups excluding carboxylic acids is 1. The van der Waals surface area contributed by atoms with Crippen molar-refractivity contribution in [2.24, 2.45) is 0 Å². The Kier molecular flexibility index (Phi) is 4.55. The van der Waals surface area contributed by atoms with Gasteiger partial charge in [-0.25, -0.2) is 8.78 Å². The predicted molar refractivity (Wildman–Crippen MR) is 78.3 cm³/mol. The Balaban J connectivity index is 2.35. The van der Waals surface area contributed by atoms with Crippen LogP contribution in [0.5, 0.6) is 0 Å². The standard InChI is InChI=1S/C15H10BrClF2O/c1-8-2-3-9(12(17)6-8)14(20)7-10-13(18)5-4-11(16)15(10)19/h2-6H,7H2,1H3. The van der Waals surface area contributed by atoms with Crippen molar-refractivity contribution in [3.8, 4) is 0 Å². The minimum Gasteiger partial charge on any atom is -0.294 e. The highest BCUT2D eigenvalue weighted by Gasteiger charge is 2.18. The maximum atomic E-state index is 13.8. The molecule has 104 valence electrons. The number of Topliss-reactive ketones (excluding diaryl/α,β-unsaturated/α-hetero) is 1. The Morgan fingerprint density at radius 2 is 1.95 bits per heavy atom. The third-order valence-electron chi connectivity index (χ3n) is 2.90. The lowest BCUT2D eigenvalue weighted by molar-refractivity contribution is 0.0990. The molecular formula is C15H10BrClF2O. The summed E-state index contributed by atoms with van der Waals surface area (Å²) in [4.78, 5) is 12.1. The molecule has 0 heterocycles. The Bertz CT molecular complexity index is 686. The van der Waals surface area contributed by atoms with Crippen LogP contribution < -0.4 is 0 Å². The fourth-order valence-electron chi connectivity index (χ4n) is 1.83. The van der Waals surface area contributed by atoms with Gasteiger partial charge in [0.15, 0.2) is 5.78 Å². The molecule has 0 radical (unpaired) electrons. The summed E-state index contributed by atoms with van der Waals surface area (Å²) < 4.78 is 27.6. The summed E-state index contributed by atoms with van der Waals surface area (Å²) in [5.41, 5.74) is 0.906. The van der Waals surface area contributed by atoms with Crippen LogP contribution in [0, 0.1) is 18.6 Å². The second-order valence-electron chi connectivity index (χ2n) is 4.40. The molecule has 0 aliphatic heterocycles. The van der Waals surface area contributed by atoms with Crippen LogP contribution in [-0.4, -0.2) is 5.78 Å². The molecule has 0 fully saturated rings. The third kappa shape index (κ3) is 3.07. The number of aryl methyl sites for hydroxylation is 1. The Labute approximate surface area is 128 Å². The molecular weight excluding hydrogens is 350 g/mol. The summed E-state index contributed by atoms with van der Waals surface area (Å²) in [7, 11) is 0. The van der Waals surface area contributed by atoms with E-state index in [9.17, 15) is 13.6 Å². The van der Waals surface area contributed by atoms with Gasteiger partial charge in [-0.05, 0) is 52.7 Å². The van der Waals surface area contributed by atoms with Crippen molar-refractivity contribution in [1.82, 2.24) is 0 Å². The van der Waals surface area contributed by atoms with Crippen LogP contribution in [0.1, 0.15) is 21.5 Å². The van der Waals surface area contributed by atoms with Crippen molar-refractivity contribution < 1.29 is 13.6 Å². The minimum atomic E-state index is -0.762. The van der Waals surface area contributed by atoms with Crippen LogP contribution in [0.25, 0.3) is 0 Å². The maximum Gasteiger partial charge on any atom is 0.168 e. The van der Waals surface area contributed by atoms with E-state index in [-0.39, 0.29) is 27.0 Å². The summed E-state index contributed by atoms with van der Waals surface area (Å²) in [6.07, 6.45) is -0.375. The molecule has 0 bridgehead atoms. The highest BCUT2D eigenvalue weighted by atomic mass is 79.9. The van der Waals surface area contributed by atoms with Crippen molar-refractivity contribution >= 4 is 33.3 Å². The molecule has 0 atom stereocenters. The lowest BCUT2D eigenvalue weighted by Gasteiger charge is -2.08. The van der Waals surface area contributed by atoms with Crippen LogP contribution >= 0.6 is 27.5 Å². The molecule has 0 saturated carbocycles. The van der Waals surface area contributed by atoms with Crippen molar-refractivity contribution in [2.75, 3.05) is 0 Å². The van der Waals surface area contributed by atoms with Gasteiger partial charge in [0.2, 0.25) is 0 Å². The van der Waals surface area contributed by atoms with Gasteiger partial charge in [0.25, 0.3) is 0 Å². The predicted octanol–water partition coefficient (Wildman–Crippen LogP) is 5.11. The van der Waals surface area contributed by atoms with Crippen LogP contribution in [0.3, 0.4) is 0 Å². The number of hydrogen-bond donors (Lipinski definition) is 0. The summed E-state index contributed by atoms with van der Waals surface area (Å²) in [5, 5.41) is 0.283. The van der Waals surface area contributed by atoms with Gasteiger partial charge in [-0.1, -0.05) is 17.7 Å². The lowest BCUT2D eigenvalue weighted by Crippen LogP contribution is -2.08. The highest BCUT2D eigenvalue weighted by Crippen LogP contribution is 2.25. The summed E-state index contributed by atoms with van der Waals surface area (Å²) in [6.45, 7) is 1.84. The Morgan fingerprint density at radius 3 is 2.60 bits per heavy atom. The molecule has 0 aromatic heterocycles. The van der Waals surface area contributed by atoms with E-state index in [0.717, 1.165) is 11.6 Å². The molecule has 1 nitrogen and oxygen atoms in total. The molecule has 0 aliphatic rings. The van der Waals surface area contributed by atoms with E-state index < -0.39 is 17.4 Å². The topological polar surface area (TPSA) is 17.1 Å². The Morgan fingerprint density at radius 1 is 1.25 bits per heavy atom. The zero-order valence-electron chi connectivity index (χ0n) is 10.5. The van der Waals surface area contributed by atoms with E-state index in [4.69, 9.17) is 11.6 Å². The molecule has 0 amide bonds. The molecule has 2 rings (SSSR count). The molecule has 20 heavy (non-hydrogen) atoms. The molecule has 0 saturated heterocycles. The van der Waals surface area contributed by atoms with Gasteiger partial charge in [0, 0.05) is 17.5 Å². The summed E-state index contributed by atoms with van der Waals surface area (Å²) in [5.74, 6) is -1.94. The number of rotatable bonds is 3. The zero-order chi connectivity index (χ0) is 14.9. The van der Waals surface area contributed by atoms with Crippen molar-refractivity contribution in [1.29, 1.82) is 0 Å². The zero-order valence-corrected chi connectivity index (χ0v) is 12.9. The first kappa shape index (κ1) is 15.1. The van der Waals surface area contributed by atoms with Crippen molar-refractivity contribution in [2.45, 2.75) is 13.3 Å². The van der Waals surface area contributed by atoms with Crippen LogP contribution in [-0.2, 0) is 6.42 Å². The minimum absolute atomic E-state index is 0.122. The van der Waals surface area contributed by atoms with E-state index in [1.807, 2.05) is 6.92 Å². The van der Waals surface area contributed by atoms with E-state index in [1.54, 1.807) is 18.2 Å². The van der Waals surface area contributed by atoms with Gasteiger partial charge in [0.1, 0.15) is 11.6 Å². The van der Waals surface area contributed by atoms with Gasteiger partial charge in [-0.3, -0.25) is 4.79 Å². The van der Waals surface area contributed by atoms with Gasteiger partial charge < -0.3 is 0 Å². The van der Waals surface area contributed by atoms with E-state index >= 15 is 0 Å². The summed E-state index contributed by atoms with van der Waals surface area (Å²) in [6, 6.07) is 7.31. The molecule has 0 aliphatic carbocycles. The number of carbonyl (C=O) groups is 1. The van der Waals surface area contributed by atoms with Gasteiger partial charge in [-0.2, -0.15) is 0 Å². The number of benzene rings is 2. The summed E-state index contributed by atoms with van der Waals surface area (Å²) >= 11 is 8.96. The average molecular weight is 360 g/mol. The normalized spacial score (nSPS) is 10.7. The molecule has 0 N–H and O–H groups in total. The SMILES string of the molecule is Cc1ccc(C(=O)Cc2c(F)ccc(Br)c2F)c(Cl)c1. The lowest BCUT2D eigenvalue weighted by atomic mass is 10.0. The van der Waals surface area contributed by atoms with Gasteiger partial charge >= 0.3 is 0 Å². The Hall–Kier alpha value is -1.26. The molecule has 5 heteroatoms. The van der Waals surface area contributed by atoms with Crippen LogP contribution in [0.2, 0.25) is 5.02 Å². The maximum absolute atomic E-state index is 13.8.